The fourth-order valence-corrected chi connectivity index (χ4v) is 5.63. The highest BCUT2D eigenvalue weighted by Gasteiger charge is 2.21. The van der Waals surface area contributed by atoms with Gasteiger partial charge in [-0.25, -0.2) is 9.78 Å². The number of ether oxygens (including phenoxy) is 1. The van der Waals surface area contributed by atoms with Gasteiger partial charge in [-0.15, -0.1) is 16.4 Å². The third-order valence-corrected chi connectivity index (χ3v) is 6.99. The fraction of sp³-hybridized carbons (Fsp3) is 0.208. The van der Waals surface area contributed by atoms with E-state index < -0.39 is 0 Å². The number of aromatic nitrogens is 4. The van der Waals surface area contributed by atoms with Crippen molar-refractivity contribution in [3.05, 3.63) is 81.3 Å². The van der Waals surface area contributed by atoms with Crippen LogP contribution in [-0.2, 0) is 19.4 Å². The average Bonchev–Trinajstić information content (AvgIpc) is 3.40. The zero-order chi connectivity index (χ0) is 20.8. The number of H-pyrrole nitrogens is 1. The Labute approximate surface area is 182 Å². The van der Waals surface area contributed by atoms with Crippen molar-refractivity contribution in [2.24, 2.45) is 0 Å². The number of hydrogen-bond acceptors (Lipinski definition) is 5. The molecule has 1 aliphatic rings. The molecule has 0 amide bonds. The minimum Gasteiger partial charge on any atom is -0.485 e. The van der Waals surface area contributed by atoms with Crippen molar-refractivity contribution in [3.63, 3.8) is 0 Å². The van der Waals surface area contributed by atoms with Gasteiger partial charge >= 0.3 is 5.69 Å². The van der Waals surface area contributed by atoms with Gasteiger partial charge in [0.15, 0.2) is 11.5 Å². The van der Waals surface area contributed by atoms with Gasteiger partial charge in [0.2, 0.25) is 0 Å². The summed E-state index contributed by atoms with van der Waals surface area (Å²) in [5.74, 6) is 1.26. The molecule has 0 unspecified atom stereocenters. The van der Waals surface area contributed by atoms with Gasteiger partial charge in [0.1, 0.15) is 17.2 Å². The lowest BCUT2D eigenvalue weighted by atomic mass is 9.97. The highest BCUT2D eigenvalue weighted by Crippen LogP contribution is 2.36. The average molecular weight is 429 g/mol. The predicted octanol–water partition coefficient (Wildman–Crippen LogP) is 4.76. The van der Waals surface area contributed by atoms with Gasteiger partial charge < -0.3 is 4.74 Å². The molecule has 0 spiro atoms. The lowest BCUT2D eigenvalue weighted by Gasteiger charge is -2.10. The van der Waals surface area contributed by atoms with Gasteiger partial charge in [0.25, 0.3) is 0 Å². The smallest absolute Gasteiger partial charge is 0.349 e. The maximum Gasteiger partial charge on any atom is 0.349 e. The summed E-state index contributed by atoms with van der Waals surface area (Å²) >= 11 is 1.68. The molecule has 31 heavy (non-hydrogen) atoms. The summed E-state index contributed by atoms with van der Waals surface area (Å²) in [5.41, 5.74) is 3.79. The van der Waals surface area contributed by atoms with E-state index in [2.05, 4.69) is 22.2 Å². The molecule has 3 aromatic heterocycles. The predicted molar refractivity (Wildman–Crippen MR) is 122 cm³/mol. The molecule has 6 rings (SSSR count). The number of fused-ring (bicyclic) bond motifs is 5. The summed E-state index contributed by atoms with van der Waals surface area (Å²) in [4.78, 5) is 22.6. The van der Waals surface area contributed by atoms with Crippen molar-refractivity contribution in [1.29, 1.82) is 0 Å². The SMILES string of the molecule is O=c1[nH]c2sc3c(c2c2nc(COc4ccccc4-c4ccccc4)nn12)CCCC3. The molecule has 0 radical (unpaired) electrons. The molecule has 2 aromatic carbocycles. The van der Waals surface area contributed by atoms with Crippen molar-refractivity contribution in [2.45, 2.75) is 32.3 Å². The van der Waals surface area contributed by atoms with E-state index in [-0.39, 0.29) is 12.3 Å². The molecule has 6 nitrogen and oxygen atoms in total. The quantitative estimate of drug-likeness (QED) is 0.448. The Bertz CT molecular complexity index is 1470. The van der Waals surface area contributed by atoms with Crippen LogP contribution in [0.25, 0.3) is 27.0 Å². The third kappa shape index (κ3) is 3.13. The van der Waals surface area contributed by atoms with Gasteiger partial charge in [-0.3, -0.25) is 4.98 Å². The Kier molecular flexibility index (Phi) is 4.35. The molecular formula is C24H20N4O2S. The van der Waals surface area contributed by atoms with E-state index in [0.29, 0.717) is 11.5 Å². The summed E-state index contributed by atoms with van der Waals surface area (Å²) < 4.78 is 7.49. The Morgan fingerprint density at radius 1 is 1.03 bits per heavy atom. The van der Waals surface area contributed by atoms with E-state index in [1.54, 1.807) is 11.3 Å². The van der Waals surface area contributed by atoms with Crippen LogP contribution in [0.1, 0.15) is 29.1 Å². The number of aromatic amines is 1. The lowest BCUT2D eigenvalue weighted by molar-refractivity contribution is 0.297. The number of hydrogen-bond donors (Lipinski definition) is 1. The van der Waals surface area contributed by atoms with E-state index in [4.69, 9.17) is 9.72 Å². The van der Waals surface area contributed by atoms with E-state index in [9.17, 15) is 4.79 Å². The number of benzene rings is 2. The van der Waals surface area contributed by atoms with E-state index >= 15 is 0 Å². The molecule has 0 atom stereocenters. The Morgan fingerprint density at radius 3 is 2.74 bits per heavy atom. The minimum absolute atomic E-state index is 0.193. The van der Waals surface area contributed by atoms with Crippen molar-refractivity contribution < 1.29 is 4.74 Å². The summed E-state index contributed by atoms with van der Waals surface area (Å²) in [6.45, 7) is 0.193. The number of rotatable bonds is 4. The second-order valence-electron chi connectivity index (χ2n) is 7.76. The molecular weight excluding hydrogens is 408 g/mol. The topological polar surface area (TPSA) is 72.3 Å². The molecule has 1 N–H and O–H groups in total. The Morgan fingerprint density at radius 2 is 1.84 bits per heavy atom. The standard InChI is InChI=1S/C24H20N4O2S/c29-24-26-23-21(17-11-5-7-13-19(17)31-23)22-25-20(27-28(22)24)14-30-18-12-6-4-10-16(18)15-8-2-1-3-9-15/h1-4,6,8-10,12H,5,7,11,13-14H2,(H,26,29). The molecule has 0 fully saturated rings. The first kappa shape index (κ1) is 18.3. The summed E-state index contributed by atoms with van der Waals surface area (Å²) in [6.07, 6.45) is 4.47. The molecule has 5 aromatic rings. The van der Waals surface area contributed by atoms with Gasteiger partial charge in [-0.2, -0.15) is 4.52 Å². The molecule has 0 saturated carbocycles. The van der Waals surface area contributed by atoms with Crippen LogP contribution in [0.5, 0.6) is 5.75 Å². The first-order chi connectivity index (χ1) is 15.3. The zero-order valence-electron chi connectivity index (χ0n) is 16.8. The maximum atomic E-state index is 12.6. The molecule has 0 aliphatic heterocycles. The number of para-hydroxylation sites is 1. The first-order valence-electron chi connectivity index (χ1n) is 10.5. The van der Waals surface area contributed by atoms with Crippen molar-refractivity contribution in [1.82, 2.24) is 19.6 Å². The van der Waals surface area contributed by atoms with Gasteiger partial charge in [-0.05, 0) is 42.9 Å². The van der Waals surface area contributed by atoms with Crippen LogP contribution >= 0.6 is 11.3 Å². The molecule has 154 valence electrons. The monoisotopic (exact) mass is 428 g/mol. The van der Waals surface area contributed by atoms with E-state index in [1.165, 1.54) is 27.8 Å². The van der Waals surface area contributed by atoms with Crippen LogP contribution in [0.4, 0.5) is 0 Å². The largest absolute Gasteiger partial charge is 0.485 e. The molecule has 7 heteroatoms. The van der Waals surface area contributed by atoms with Crippen LogP contribution < -0.4 is 10.4 Å². The van der Waals surface area contributed by atoms with E-state index in [1.807, 2.05) is 42.5 Å². The highest BCUT2D eigenvalue weighted by molar-refractivity contribution is 7.19. The number of thiophene rings is 1. The molecule has 3 heterocycles. The van der Waals surface area contributed by atoms with Gasteiger partial charge in [0.05, 0.1) is 5.39 Å². The van der Waals surface area contributed by atoms with Crippen LogP contribution in [0.3, 0.4) is 0 Å². The van der Waals surface area contributed by atoms with Crippen molar-refractivity contribution in [3.8, 4) is 16.9 Å². The maximum absolute atomic E-state index is 12.6. The Balaban J connectivity index is 1.38. The Hall–Kier alpha value is -3.45. The van der Waals surface area contributed by atoms with E-state index in [0.717, 1.165) is 39.9 Å². The molecule has 0 bridgehead atoms. The molecule has 0 saturated heterocycles. The highest BCUT2D eigenvalue weighted by atomic mass is 32.1. The first-order valence-corrected chi connectivity index (χ1v) is 11.3. The summed E-state index contributed by atoms with van der Waals surface area (Å²) in [5, 5.41) is 5.49. The van der Waals surface area contributed by atoms with Crippen molar-refractivity contribution >= 4 is 27.2 Å². The number of nitrogens with zero attached hydrogens (tertiary/aromatic N) is 3. The van der Waals surface area contributed by atoms with Crippen LogP contribution in [0, 0.1) is 0 Å². The van der Waals surface area contributed by atoms with Crippen LogP contribution in [-0.4, -0.2) is 19.6 Å². The summed E-state index contributed by atoms with van der Waals surface area (Å²) in [6, 6.07) is 18.0. The number of nitrogens with one attached hydrogen (secondary N) is 1. The van der Waals surface area contributed by atoms with Crippen LogP contribution in [0.15, 0.2) is 59.4 Å². The fourth-order valence-electron chi connectivity index (χ4n) is 4.35. The minimum atomic E-state index is -0.260. The lowest BCUT2D eigenvalue weighted by Crippen LogP contribution is -2.17. The third-order valence-electron chi connectivity index (χ3n) is 5.79. The number of aryl methyl sites for hydroxylation is 2. The van der Waals surface area contributed by atoms with Crippen molar-refractivity contribution in [2.75, 3.05) is 0 Å². The van der Waals surface area contributed by atoms with Gasteiger partial charge in [-0.1, -0.05) is 48.5 Å². The normalized spacial score (nSPS) is 13.5. The zero-order valence-corrected chi connectivity index (χ0v) is 17.6. The second kappa shape index (κ2) is 7.35. The van der Waals surface area contributed by atoms with Gasteiger partial charge in [0, 0.05) is 10.4 Å². The summed E-state index contributed by atoms with van der Waals surface area (Å²) in [7, 11) is 0. The second-order valence-corrected chi connectivity index (χ2v) is 8.86. The molecule has 1 aliphatic carbocycles. The van der Waals surface area contributed by atoms with Crippen LogP contribution in [0.2, 0.25) is 0 Å².